The third-order valence-electron chi connectivity index (χ3n) is 2.97. The number of rotatable bonds is 6. The highest BCUT2D eigenvalue weighted by Gasteiger charge is 2.20. The molecule has 0 saturated heterocycles. The van der Waals surface area contributed by atoms with Gasteiger partial charge in [0.15, 0.2) is 6.61 Å². The van der Waals surface area contributed by atoms with Crippen molar-refractivity contribution < 1.29 is 17.9 Å². The third kappa shape index (κ3) is 4.16. The van der Waals surface area contributed by atoms with Crippen LogP contribution in [0.25, 0.3) is 0 Å². The molecule has 8 heteroatoms. The standard InChI is InChI=1S/C13H19N3O4S/c1-16(2)7-3-6-14-21(18,19)10-4-5-12-11(8-10)15-13(17)9-20-12/h4-5,8,14H,3,6-7,9H2,1-2H3,(H,15,17). The largest absolute Gasteiger partial charge is 0.482 e. The summed E-state index contributed by atoms with van der Waals surface area (Å²) in [5.74, 6) is 0.178. The van der Waals surface area contributed by atoms with Gasteiger partial charge in [-0.2, -0.15) is 0 Å². The lowest BCUT2D eigenvalue weighted by molar-refractivity contribution is -0.118. The van der Waals surface area contributed by atoms with E-state index in [2.05, 4.69) is 10.0 Å². The zero-order chi connectivity index (χ0) is 15.5. The summed E-state index contributed by atoms with van der Waals surface area (Å²) in [5.41, 5.74) is 0.377. The molecule has 0 atom stereocenters. The Morgan fingerprint density at radius 1 is 1.38 bits per heavy atom. The lowest BCUT2D eigenvalue weighted by atomic mass is 10.2. The molecule has 0 unspecified atom stereocenters. The van der Waals surface area contributed by atoms with Crippen LogP contribution in [0.4, 0.5) is 5.69 Å². The molecule has 1 aliphatic heterocycles. The highest BCUT2D eigenvalue weighted by atomic mass is 32.2. The van der Waals surface area contributed by atoms with Crippen molar-refractivity contribution in [3.8, 4) is 5.75 Å². The first-order chi connectivity index (χ1) is 9.88. The molecule has 1 aromatic carbocycles. The van der Waals surface area contributed by atoms with Crippen LogP contribution in [0, 0.1) is 0 Å². The molecule has 2 N–H and O–H groups in total. The Hall–Kier alpha value is -1.64. The quantitative estimate of drug-likeness (QED) is 0.735. The minimum atomic E-state index is -3.58. The molecule has 1 heterocycles. The van der Waals surface area contributed by atoms with Crippen molar-refractivity contribution in [3.05, 3.63) is 18.2 Å². The smallest absolute Gasteiger partial charge is 0.262 e. The van der Waals surface area contributed by atoms with E-state index in [1.165, 1.54) is 12.1 Å². The maximum Gasteiger partial charge on any atom is 0.262 e. The van der Waals surface area contributed by atoms with Crippen molar-refractivity contribution in [1.82, 2.24) is 9.62 Å². The number of sulfonamides is 1. The van der Waals surface area contributed by atoms with Gasteiger partial charge in [0.05, 0.1) is 10.6 Å². The molecule has 1 amide bonds. The lowest BCUT2D eigenvalue weighted by Gasteiger charge is -2.18. The molecule has 0 aromatic heterocycles. The fraction of sp³-hybridized carbons (Fsp3) is 0.462. The topological polar surface area (TPSA) is 87.7 Å². The van der Waals surface area contributed by atoms with Gasteiger partial charge in [0, 0.05) is 6.54 Å². The first-order valence-electron chi connectivity index (χ1n) is 6.59. The number of nitrogens with zero attached hydrogens (tertiary/aromatic N) is 1. The highest BCUT2D eigenvalue weighted by molar-refractivity contribution is 7.89. The maximum absolute atomic E-state index is 12.2. The van der Waals surface area contributed by atoms with Gasteiger partial charge in [-0.3, -0.25) is 4.79 Å². The van der Waals surface area contributed by atoms with Gasteiger partial charge in [0.1, 0.15) is 5.75 Å². The number of ether oxygens (including phenoxy) is 1. The summed E-state index contributed by atoms with van der Waals surface area (Å²) >= 11 is 0. The Kier molecular flexibility index (Phi) is 4.81. The van der Waals surface area contributed by atoms with E-state index < -0.39 is 10.0 Å². The number of hydrogen-bond donors (Lipinski definition) is 2. The minimum absolute atomic E-state index is 0.0537. The molecule has 1 aromatic rings. The van der Waals surface area contributed by atoms with Crippen molar-refractivity contribution in [2.24, 2.45) is 0 Å². The summed E-state index contributed by atoms with van der Waals surface area (Å²) in [5, 5.41) is 2.59. The predicted molar refractivity (Wildman–Crippen MR) is 78.9 cm³/mol. The van der Waals surface area contributed by atoms with Crippen LogP contribution < -0.4 is 14.8 Å². The summed E-state index contributed by atoms with van der Waals surface area (Å²) in [6, 6.07) is 4.41. The second-order valence-electron chi connectivity index (χ2n) is 5.05. The van der Waals surface area contributed by atoms with E-state index in [0.717, 1.165) is 13.0 Å². The zero-order valence-electron chi connectivity index (χ0n) is 12.0. The number of nitrogens with one attached hydrogen (secondary N) is 2. The van der Waals surface area contributed by atoms with Crippen LogP contribution >= 0.6 is 0 Å². The van der Waals surface area contributed by atoms with Crippen molar-refractivity contribution in [1.29, 1.82) is 0 Å². The highest BCUT2D eigenvalue weighted by Crippen LogP contribution is 2.29. The third-order valence-corrected chi connectivity index (χ3v) is 4.43. The van der Waals surface area contributed by atoms with Gasteiger partial charge in [-0.05, 0) is 45.3 Å². The predicted octanol–water partition coefficient (Wildman–Crippen LogP) is 0.247. The summed E-state index contributed by atoms with van der Waals surface area (Å²) in [6.45, 7) is 1.11. The monoisotopic (exact) mass is 313 g/mol. The van der Waals surface area contributed by atoms with Crippen LogP contribution in [0.15, 0.2) is 23.1 Å². The number of hydrogen-bond acceptors (Lipinski definition) is 5. The molecule has 0 spiro atoms. The van der Waals surface area contributed by atoms with E-state index in [1.807, 2.05) is 19.0 Å². The van der Waals surface area contributed by atoms with Gasteiger partial charge in [-0.1, -0.05) is 0 Å². The van der Waals surface area contributed by atoms with Crippen molar-refractivity contribution in [3.63, 3.8) is 0 Å². The summed E-state index contributed by atoms with van der Waals surface area (Å²) in [7, 11) is 0.278. The molecule has 21 heavy (non-hydrogen) atoms. The van der Waals surface area contributed by atoms with Gasteiger partial charge < -0.3 is 15.0 Å². The molecule has 116 valence electrons. The van der Waals surface area contributed by atoms with E-state index in [9.17, 15) is 13.2 Å². The van der Waals surface area contributed by atoms with Crippen LogP contribution in [0.2, 0.25) is 0 Å². The summed E-state index contributed by atoms with van der Waals surface area (Å²) in [4.78, 5) is 13.4. The normalized spacial score (nSPS) is 14.5. The zero-order valence-corrected chi connectivity index (χ0v) is 12.9. The molecule has 0 saturated carbocycles. The molecule has 0 aliphatic carbocycles. The molecule has 7 nitrogen and oxygen atoms in total. The average molecular weight is 313 g/mol. The van der Waals surface area contributed by atoms with Crippen LogP contribution in [0.1, 0.15) is 6.42 Å². The van der Waals surface area contributed by atoms with Gasteiger partial charge in [-0.15, -0.1) is 0 Å². The number of carbonyl (C=O) groups excluding carboxylic acids is 1. The van der Waals surface area contributed by atoms with Crippen LogP contribution in [0.5, 0.6) is 5.75 Å². The van der Waals surface area contributed by atoms with E-state index in [-0.39, 0.29) is 17.4 Å². The fourth-order valence-corrected chi connectivity index (χ4v) is 3.01. The summed E-state index contributed by atoms with van der Waals surface area (Å²) in [6.07, 6.45) is 0.719. The SMILES string of the molecule is CN(C)CCCNS(=O)(=O)c1ccc2c(c1)NC(=O)CO2. The van der Waals surface area contributed by atoms with Crippen LogP contribution in [-0.2, 0) is 14.8 Å². The van der Waals surface area contributed by atoms with Crippen molar-refractivity contribution in [2.45, 2.75) is 11.3 Å². The van der Waals surface area contributed by atoms with Gasteiger partial charge >= 0.3 is 0 Å². The first kappa shape index (κ1) is 15.7. The number of carbonyl (C=O) groups is 1. The second kappa shape index (κ2) is 6.42. The maximum atomic E-state index is 12.2. The Bertz CT molecular complexity index is 628. The molecule has 0 bridgehead atoms. The van der Waals surface area contributed by atoms with E-state index >= 15 is 0 Å². The minimum Gasteiger partial charge on any atom is -0.482 e. The lowest BCUT2D eigenvalue weighted by Crippen LogP contribution is -2.28. The number of amides is 1. The van der Waals surface area contributed by atoms with Crippen molar-refractivity contribution >= 4 is 21.6 Å². The second-order valence-corrected chi connectivity index (χ2v) is 6.82. The van der Waals surface area contributed by atoms with Gasteiger partial charge in [0.2, 0.25) is 10.0 Å². The van der Waals surface area contributed by atoms with Gasteiger partial charge in [-0.25, -0.2) is 13.1 Å². The van der Waals surface area contributed by atoms with Gasteiger partial charge in [0.25, 0.3) is 5.91 Å². The molecular weight excluding hydrogens is 294 g/mol. The molecule has 1 aliphatic rings. The van der Waals surface area contributed by atoms with E-state index in [1.54, 1.807) is 6.07 Å². The van der Waals surface area contributed by atoms with Crippen LogP contribution in [-0.4, -0.2) is 53.0 Å². The number of anilines is 1. The van der Waals surface area contributed by atoms with E-state index in [0.29, 0.717) is 18.0 Å². The number of fused-ring (bicyclic) bond motifs is 1. The first-order valence-corrected chi connectivity index (χ1v) is 8.08. The molecule has 0 fully saturated rings. The molecule has 0 radical (unpaired) electrons. The molecular formula is C13H19N3O4S. The summed E-state index contributed by atoms with van der Waals surface area (Å²) < 4.78 is 32.1. The average Bonchev–Trinajstić information content (AvgIpc) is 2.42. The Labute approximate surface area is 124 Å². The fourth-order valence-electron chi connectivity index (χ4n) is 1.91. The van der Waals surface area contributed by atoms with Crippen LogP contribution in [0.3, 0.4) is 0 Å². The molecule has 2 rings (SSSR count). The Balaban J connectivity index is 2.06. The Morgan fingerprint density at radius 2 is 2.14 bits per heavy atom. The number of benzene rings is 1. The van der Waals surface area contributed by atoms with E-state index in [4.69, 9.17) is 4.74 Å². The Morgan fingerprint density at radius 3 is 2.86 bits per heavy atom. The van der Waals surface area contributed by atoms with Crippen molar-refractivity contribution in [2.75, 3.05) is 39.1 Å².